The third kappa shape index (κ3) is 6.94. The normalized spacial score (nSPS) is 29.9. The van der Waals surface area contributed by atoms with E-state index in [1.807, 2.05) is 0 Å². The molecule has 2 saturated carbocycles. The summed E-state index contributed by atoms with van der Waals surface area (Å²) in [7, 11) is 0. The number of hydrogen-bond donors (Lipinski definition) is 0. The molecule has 4 atom stereocenters. The molecule has 202 valence electrons. The van der Waals surface area contributed by atoms with Crippen LogP contribution in [0.15, 0.2) is 24.3 Å². The van der Waals surface area contributed by atoms with Gasteiger partial charge in [0.15, 0.2) is 0 Å². The molecule has 0 aromatic heterocycles. The average molecular weight is 735 g/mol. The van der Waals surface area contributed by atoms with E-state index in [0.29, 0.717) is 27.6 Å². The molecule has 34 heavy (non-hydrogen) atoms. The van der Waals surface area contributed by atoms with Gasteiger partial charge in [0.25, 0.3) is 0 Å². The average Bonchev–Trinajstić information content (AvgIpc) is 3.01. The van der Waals surface area contributed by atoms with Crippen LogP contribution in [0.5, 0.6) is 0 Å². The summed E-state index contributed by atoms with van der Waals surface area (Å²) in [6, 6.07) is 8.91. The molecule has 0 bridgehead atoms. The van der Waals surface area contributed by atoms with Crippen LogP contribution in [0.3, 0.4) is 0 Å². The highest BCUT2D eigenvalue weighted by Crippen LogP contribution is 2.64. The second-order valence-electron chi connectivity index (χ2n) is 13.0. The third-order valence-electron chi connectivity index (χ3n) is 10.4. The van der Waals surface area contributed by atoms with Gasteiger partial charge in [0.1, 0.15) is 0 Å². The zero-order valence-electron chi connectivity index (χ0n) is 24.2. The van der Waals surface area contributed by atoms with Crippen molar-refractivity contribution < 1.29 is 2.85 Å². The van der Waals surface area contributed by atoms with E-state index in [0.717, 1.165) is 30.2 Å². The van der Waals surface area contributed by atoms with Crippen LogP contribution in [-0.4, -0.2) is 13.3 Å². The monoisotopic (exact) mass is 734 g/mol. The van der Waals surface area contributed by atoms with Crippen molar-refractivity contribution in [3.63, 3.8) is 0 Å². The van der Waals surface area contributed by atoms with E-state index < -0.39 is 0 Å². The molecule has 4 unspecified atom stereocenters. The van der Waals surface area contributed by atoms with Gasteiger partial charge in [-0.25, -0.2) is 0 Å². The summed E-state index contributed by atoms with van der Waals surface area (Å²) in [5, 5.41) is 0. The molecule has 4 heteroatoms. The van der Waals surface area contributed by atoms with Crippen molar-refractivity contribution in [1.29, 1.82) is 0 Å². The minimum absolute atomic E-state index is 0. The Morgan fingerprint density at radius 1 is 0.676 bits per heavy atom. The summed E-state index contributed by atoms with van der Waals surface area (Å²) in [5.74, 6) is 3.58. The maximum absolute atomic E-state index is 2.51. The molecular formula is C30H58I2P2. The minimum atomic E-state index is 0. The summed E-state index contributed by atoms with van der Waals surface area (Å²) in [4.78, 5) is 0. The summed E-state index contributed by atoms with van der Waals surface area (Å²) in [5.41, 5.74) is 4.87. The SMILES string of the molecule is CC1C(C)(C)C2CCCCC2C1(C)C.CC1C(C)(C)c2ccccc2C1(C)C.CPI.CPI.[HH].[HH]. The van der Waals surface area contributed by atoms with Gasteiger partial charge in [-0.1, -0.05) is 163 Å². The van der Waals surface area contributed by atoms with E-state index in [1.165, 1.54) is 36.8 Å². The molecule has 4 rings (SSSR count). The Hall–Kier alpha value is 1.54. The molecule has 0 radical (unpaired) electrons. The lowest BCUT2D eigenvalue weighted by atomic mass is 9.69. The van der Waals surface area contributed by atoms with E-state index in [4.69, 9.17) is 0 Å². The van der Waals surface area contributed by atoms with Crippen molar-refractivity contribution in [3.8, 4) is 0 Å². The Balaban J connectivity index is 0. The van der Waals surface area contributed by atoms with Crippen molar-refractivity contribution in [2.24, 2.45) is 34.5 Å². The number of benzene rings is 1. The fraction of sp³-hybridized carbons (Fsp3) is 0.800. The molecule has 2 fully saturated rings. The van der Waals surface area contributed by atoms with E-state index in [1.54, 1.807) is 0 Å². The summed E-state index contributed by atoms with van der Waals surface area (Å²) in [6.07, 6.45) is 8.05. The van der Waals surface area contributed by atoms with Crippen LogP contribution in [0.1, 0.15) is 109 Å². The van der Waals surface area contributed by atoms with Gasteiger partial charge in [-0.2, -0.15) is 0 Å². The third-order valence-corrected chi connectivity index (χ3v) is 10.4. The quantitative estimate of drug-likeness (QED) is 0.184. The smallest absolute Gasteiger partial charge is 0 e. The zero-order chi connectivity index (χ0) is 26.5. The molecule has 0 nitrogen and oxygen atoms in total. The fourth-order valence-electron chi connectivity index (χ4n) is 7.49. The molecule has 0 N–H and O–H groups in total. The molecule has 0 amide bonds. The Bertz CT molecular complexity index is 704. The Labute approximate surface area is 246 Å². The predicted molar refractivity (Wildman–Crippen MR) is 185 cm³/mol. The molecule has 0 heterocycles. The molecule has 0 aliphatic heterocycles. The van der Waals surface area contributed by atoms with Crippen molar-refractivity contribution in [3.05, 3.63) is 35.4 Å². The Morgan fingerprint density at radius 2 is 0.971 bits per heavy atom. The van der Waals surface area contributed by atoms with Gasteiger partial charge in [-0.3, -0.25) is 0 Å². The van der Waals surface area contributed by atoms with Crippen molar-refractivity contribution in [2.45, 2.75) is 106 Å². The second kappa shape index (κ2) is 13.6. The zero-order valence-corrected chi connectivity index (χ0v) is 30.5. The highest BCUT2D eigenvalue weighted by atomic mass is 127. The van der Waals surface area contributed by atoms with Gasteiger partial charge < -0.3 is 0 Å². The van der Waals surface area contributed by atoms with Crippen LogP contribution < -0.4 is 0 Å². The van der Waals surface area contributed by atoms with Gasteiger partial charge >= 0.3 is 0 Å². The number of rotatable bonds is 0. The molecular weight excluding hydrogens is 676 g/mol. The number of fused-ring (bicyclic) bond motifs is 2. The Morgan fingerprint density at radius 3 is 1.26 bits per heavy atom. The largest absolute Gasteiger partial charge is 0.0620 e. The lowest BCUT2D eigenvalue weighted by Gasteiger charge is -2.36. The maximum atomic E-state index is 2.51. The van der Waals surface area contributed by atoms with Crippen molar-refractivity contribution in [2.75, 3.05) is 13.3 Å². The molecule has 0 saturated heterocycles. The number of hydrogen-bond acceptors (Lipinski definition) is 0. The Kier molecular flexibility index (Phi) is 13.4. The van der Waals surface area contributed by atoms with Gasteiger partial charge in [-0.15, -0.1) is 0 Å². The van der Waals surface area contributed by atoms with Crippen molar-refractivity contribution >= 4 is 56.5 Å². The van der Waals surface area contributed by atoms with Gasteiger partial charge in [0, 0.05) is 2.85 Å². The van der Waals surface area contributed by atoms with E-state index >= 15 is 0 Å². The highest BCUT2D eigenvalue weighted by molar-refractivity contribution is 14.2. The van der Waals surface area contributed by atoms with Crippen LogP contribution in [0.4, 0.5) is 0 Å². The second-order valence-corrected chi connectivity index (χ2v) is 20.2. The first kappa shape index (κ1) is 33.6. The first-order chi connectivity index (χ1) is 15.6. The van der Waals surface area contributed by atoms with Gasteiger partial charge in [0.05, 0.1) is 0 Å². The van der Waals surface area contributed by atoms with Gasteiger partial charge in [-0.05, 0) is 82.6 Å². The predicted octanol–water partition coefficient (Wildman–Crippen LogP) is 12.2. The lowest BCUT2D eigenvalue weighted by Crippen LogP contribution is -2.30. The number of halogens is 2. The van der Waals surface area contributed by atoms with E-state index in [2.05, 4.69) is 151 Å². The van der Waals surface area contributed by atoms with Gasteiger partial charge in [0.2, 0.25) is 0 Å². The first-order valence-corrected chi connectivity index (χ1v) is 22.5. The standard InChI is InChI=1S/C14H26.C14H20.2CH4IP.2H2/c2*1-10-13(2,3)11-8-6-7-9-12(11)14(10,4)5;2*1-3-2;;/h10-12H,6-9H2,1-5H3;6-10H,1-5H3;2*3H,1H3;2*1H. The highest BCUT2D eigenvalue weighted by Gasteiger charge is 2.57. The molecule has 0 spiro atoms. The molecule has 1 aromatic carbocycles. The van der Waals surface area contributed by atoms with E-state index in [9.17, 15) is 0 Å². The molecule has 3 aliphatic rings. The van der Waals surface area contributed by atoms with Crippen LogP contribution >= 0.6 is 56.5 Å². The van der Waals surface area contributed by atoms with Crippen LogP contribution in [0, 0.1) is 34.5 Å². The summed E-state index contributed by atoms with van der Waals surface area (Å²) >= 11 is 4.63. The maximum Gasteiger partial charge on any atom is 0 e. The minimum Gasteiger partial charge on any atom is -0.0620 e. The molecule has 3 aliphatic carbocycles. The van der Waals surface area contributed by atoms with Crippen LogP contribution in [0.2, 0.25) is 0 Å². The summed E-state index contributed by atoms with van der Waals surface area (Å²) < 4.78 is 0. The van der Waals surface area contributed by atoms with Crippen LogP contribution in [0.25, 0.3) is 0 Å². The van der Waals surface area contributed by atoms with E-state index in [-0.39, 0.29) is 2.85 Å². The molecule has 1 aromatic rings. The van der Waals surface area contributed by atoms with Crippen LogP contribution in [-0.2, 0) is 10.8 Å². The first-order valence-electron chi connectivity index (χ1n) is 13.2. The van der Waals surface area contributed by atoms with Crippen molar-refractivity contribution in [1.82, 2.24) is 0 Å². The lowest BCUT2D eigenvalue weighted by molar-refractivity contribution is 0.136. The summed E-state index contributed by atoms with van der Waals surface area (Å²) in [6.45, 7) is 28.6. The topological polar surface area (TPSA) is 0 Å². The fourth-order valence-corrected chi connectivity index (χ4v) is 7.49.